The first-order valence-corrected chi connectivity index (χ1v) is 9.27. The predicted octanol–water partition coefficient (Wildman–Crippen LogP) is 4.11. The number of aromatic nitrogens is 3. The first-order valence-electron chi connectivity index (χ1n) is 7.49. The third-order valence-electron chi connectivity index (χ3n) is 3.41. The molecule has 0 bridgehead atoms. The molecule has 0 saturated heterocycles. The number of nitrogen functional groups attached to an aromatic ring is 1. The molecule has 0 atom stereocenters. The van der Waals surface area contributed by atoms with Gasteiger partial charge >= 0.3 is 0 Å². The van der Waals surface area contributed by atoms with Crippen molar-refractivity contribution in [1.82, 2.24) is 14.9 Å². The highest BCUT2D eigenvalue weighted by Gasteiger charge is 2.15. The van der Waals surface area contributed by atoms with Gasteiger partial charge in [0.05, 0.1) is 6.61 Å². The second-order valence-electron chi connectivity index (χ2n) is 4.99. The van der Waals surface area contributed by atoms with E-state index in [1.54, 1.807) is 0 Å². The Morgan fingerprint density at radius 1 is 1.12 bits per heavy atom. The topological polar surface area (TPSA) is 66.0 Å². The van der Waals surface area contributed by atoms with Crippen LogP contribution in [0.2, 0.25) is 0 Å². The lowest BCUT2D eigenvalue weighted by Crippen LogP contribution is -2.11. The van der Waals surface area contributed by atoms with Crippen molar-refractivity contribution in [1.29, 1.82) is 0 Å². The lowest BCUT2D eigenvalue weighted by Gasteiger charge is -2.09. The van der Waals surface area contributed by atoms with Crippen LogP contribution in [0.5, 0.6) is 5.75 Å². The first-order chi connectivity index (χ1) is 11.7. The van der Waals surface area contributed by atoms with Crippen molar-refractivity contribution in [3.63, 3.8) is 0 Å². The molecule has 5 nitrogen and oxygen atoms in total. The van der Waals surface area contributed by atoms with Crippen LogP contribution in [-0.4, -0.2) is 21.5 Å². The van der Waals surface area contributed by atoms with E-state index in [2.05, 4.69) is 26.1 Å². The van der Waals surface area contributed by atoms with Crippen LogP contribution in [0.25, 0.3) is 11.4 Å². The fourth-order valence-corrected chi connectivity index (χ4v) is 3.57. The van der Waals surface area contributed by atoms with Gasteiger partial charge in [-0.1, -0.05) is 58.0 Å². The molecule has 2 aromatic carbocycles. The summed E-state index contributed by atoms with van der Waals surface area (Å²) in [5.41, 5.74) is 2.02. The molecule has 1 heterocycles. The molecule has 2 N–H and O–H groups in total. The van der Waals surface area contributed by atoms with E-state index in [0.717, 1.165) is 21.3 Å². The molecule has 0 saturated carbocycles. The maximum absolute atomic E-state index is 6.18. The van der Waals surface area contributed by atoms with Gasteiger partial charge in [0.15, 0.2) is 5.82 Å². The van der Waals surface area contributed by atoms with Crippen LogP contribution >= 0.6 is 27.7 Å². The highest BCUT2D eigenvalue weighted by atomic mass is 79.9. The van der Waals surface area contributed by atoms with Gasteiger partial charge < -0.3 is 10.6 Å². The number of hydrogen-bond acceptors (Lipinski definition) is 5. The molecule has 3 aromatic rings. The van der Waals surface area contributed by atoms with Crippen molar-refractivity contribution in [2.24, 2.45) is 0 Å². The van der Waals surface area contributed by atoms with Crippen molar-refractivity contribution in [3.8, 4) is 17.1 Å². The molecule has 0 spiro atoms. The van der Waals surface area contributed by atoms with Crippen LogP contribution in [-0.2, 0) is 5.75 Å². The zero-order chi connectivity index (χ0) is 16.9. The van der Waals surface area contributed by atoms with Crippen LogP contribution in [0, 0.1) is 0 Å². The maximum Gasteiger partial charge on any atom is 0.210 e. The van der Waals surface area contributed by atoms with E-state index in [0.29, 0.717) is 23.3 Å². The van der Waals surface area contributed by atoms with Gasteiger partial charge in [0.2, 0.25) is 5.16 Å². The van der Waals surface area contributed by atoms with Crippen LogP contribution in [0.15, 0.2) is 58.2 Å². The average molecular weight is 405 g/mol. The van der Waals surface area contributed by atoms with Crippen molar-refractivity contribution >= 4 is 27.7 Å². The summed E-state index contributed by atoms with van der Waals surface area (Å²) in [7, 11) is 0. The molecule has 0 fully saturated rings. The average Bonchev–Trinajstić information content (AvgIpc) is 2.95. The molecule has 24 heavy (non-hydrogen) atoms. The van der Waals surface area contributed by atoms with Crippen molar-refractivity contribution < 1.29 is 4.74 Å². The van der Waals surface area contributed by atoms with Crippen molar-refractivity contribution in [2.45, 2.75) is 17.8 Å². The van der Waals surface area contributed by atoms with Crippen LogP contribution < -0.4 is 10.6 Å². The van der Waals surface area contributed by atoms with Gasteiger partial charge in [-0.25, -0.2) is 4.68 Å². The van der Waals surface area contributed by atoms with Crippen molar-refractivity contribution in [3.05, 3.63) is 58.6 Å². The zero-order valence-corrected chi connectivity index (χ0v) is 15.5. The number of nitrogens with two attached hydrogens (primary N) is 1. The van der Waals surface area contributed by atoms with E-state index in [1.807, 2.05) is 55.5 Å². The predicted molar refractivity (Wildman–Crippen MR) is 100 cm³/mol. The molecular weight excluding hydrogens is 388 g/mol. The minimum absolute atomic E-state index is 0.628. The lowest BCUT2D eigenvalue weighted by molar-refractivity contribution is 0.337. The fraction of sp³-hybridized carbons (Fsp3) is 0.176. The Kier molecular flexibility index (Phi) is 5.42. The minimum Gasteiger partial charge on any atom is -0.494 e. The summed E-state index contributed by atoms with van der Waals surface area (Å²) >= 11 is 5.05. The third-order valence-corrected chi connectivity index (χ3v) is 5.09. The first kappa shape index (κ1) is 16.9. The second kappa shape index (κ2) is 7.72. The summed E-state index contributed by atoms with van der Waals surface area (Å²) in [6, 6.07) is 15.8. The number of thioether (sulfide) groups is 1. The summed E-state index contributed by atoms with van der Waals surface area (Å²) in [6.07, 6.45) is 0. The number of para-hydroxylation sites is 1. The number of halogens is 1. The fourth-order valence-electron chi connectivity index (χ4n) is 2.26. The summed E-state index contributed by atoms with van der Waals surface area (Å²) in [5, 5.41) is 9.10. The Labute approximate surface area is 153 Å². The Morgan fingerprint density at radius 3 is 2.67 bits per heavy atom. The minimum atomic E-state index is 0.628. The highest BCUT2D eigenvalue weighted by molar-refractivity contribution is 9.10. The molecule has 0 aliphatic carbocycles. The number of nitrogens with zero attached hydrogens (tertiary/aromatic N) is 3. The third kappa shape index (κ3) is 3.57. The van der Waals surface area contributed by atoms with Gasteiger partial charge in [0.25, 0.3) is 0 Å². The maximum atomic E-state index is 6.18. The summed E-state index contributed by atoms with van der Waals surface area (Å²) in [6.45, 7) is 2.62. The molecule has 7 heteroatoms. The van der Waals surface area contributed by atoms with Gasteiger partial charge in [-0.2, -0.15) is 0 Å². The zero-order valence-electron chi connectivity index (χ0n) is 13.1. The van der Waals surface area contributed by atoms with Gasteiger partial charge in [-0.15, -0.1) is 10.2 Å². The van der Waals surface area contributed by atoms with E-state index in [-0.39, 0.29) is 0 Å². The Hall–Kier alpha value is -1.99. The standard InChI is InChI=1S/C17H17BrN4OS/c1-2-23-15-10-6-3-7-12(15)11-24-17-21-20-16(22(17)19)13-8-4-5-9-14(13)18/h3-10H,2,11,19H2,1H3. The largest absolute Gasteiger partial charge is 0.494 e. The number of ether oxygens (including phenoxy) is 1. The van der Waals surface area contributed by atoms with Crippen LogP contribution in [0.3, 0.4) is 0 Å². The van der Waals surface area contributed by atoms with Gasteiger partial charge in [-0.3, -0.25) is 0 Å². The van der Waals surface area contributed by atoms with Gasteiger partial charge in [0.1, 0.15) is 5.75 Å². The Balaban J connectivity index is 1.79. The number of benzene rings is 2. The van der Waals surface area contributed by atoms with E-state index in [1.165, 1.54) is 16.4 Å². The van der Waals surface area contributed by atoms with E-state index < -0.39 is 0 Å². The summed E-state index contributed by atoms with van der Waals surface area (Å²) in [4.78, 5) is 0. The number of rotatable bonds is 6. The van der Waals surface area contributed by atoms with E-state index in [9.17, 15) is 0 Å². The van der Waals surface area contributed by atoms with Gasteiger partial charge in [-0.05, 0) is 25.1 Å². The Morgan fingerprint density at radius 2 is 1.88 bits per heavy atom. The molecule has 0 unspecified atom stereocenters. The monoisotopic (exact) mass is 404 g/mol. The SMILES string of the molecule is CCOc1ccccc1CSc1nnc(-c2ccccc2Br)n1N. The van der Waals surface area contributed by atoms with Crippen LogP contribution in [0.1, 0.15) is 12.5 Å². The summed E-state index contributed by atoms with van der Waals surface area (Å²) < 4.78 is 8.11. The molecule has 124 valence electrons. The number of hydrogen-bond donors (Lipinski definition) is 1. The molecule has 0 radical (unpaired) electrons. The quantitative estimate of drug-likeness (QED) is 0.494. The molecule has 0 aliphatic rings. The van der Waals surface area contributed by atoms with Crippen LogP contribution in [0.4, 0.5) is 0 Å². The Bertz CT molecular complexity index is 837. The summed E-state index contributed by atoms with van der Waals surface area (Å²) in [5.74, 6) is 8.41. The van der Waals surface area contributed by atoms with E-state index >= 15 is 0 Å². The second-order valence-corrected chi connectivity index (χ2v) is 6.78. The molecule has 0 amide bonds. The smallest absolute Gasteiger partial charge is 0.210 e. The normalized spacial score (nSPS) is 10.8. The molecular formula is C17H17BrN4OS. The molecule has 3 rings (SSSR count). The van der Waals surface area contributed by atoms with Crippen molar-refractivity contribution in [2.75, 3.05) is 12.4 Å². The van der Waals surface area contributed by atoms with E-state index in [4.69, 9.17) is 10.6 Å². The molecule has 1 aromatic heterocycles. The lowest BCUT2D eigenvalue weighted by atomic mass is 10.2. The highest BCUT2D eigenvalue weighted by Crippen LogP contribution is 2.30. The van der Waals surface area contributed by atoms with Gasteiger partial charge in [0, 0.05) is 21.4 Å². The molecule has 0 aliphatic heterocycles.